The molecule has 2 aromatic carbocycles. The summed E-state index contributed by atoms with van der Waals surface area (Å²) in [6.45, 7) is 3.92. The molecule has 0 radical (unpaired) electrons. The summed E-state index contributed by atoms with van der Waals surface area (Å²) in [7, 11) is 1.48. The summed E-state index contributed by atoms with van der Waals surface area (Å²) >= 11 is 7.11. The summed E-state index contributed by atoms with van der Waals surface area (Å²) < 4.78 is 23.9. The zero-order valence-corrected chi connectivity index (χ0v) is 17.1. The van der Waals surface area contributed by atoms with E-state index in [-0.39, 0.29) is 23.9 Å². The van der Waals surface area contributed by atoms with Crippen molar-refractivity contribution in [2.24, 2.45) is 0 Å². The topological polar surface area (TPSA) is 55.8 Å². The van der Waals surface area contributed by atoms with Crippen LogP contribution in [0.1, 0.15) is 11.1 Å². The van der Waals surface area contributed by atoms with Gasteiger partial charge >= 0.3 is 0 Å². The number of ether oxygens (including phenoxy) is 2. The van der Waals surface area contributed by atoms with E-state index in [4.69, 9.17) is 21.1 Å². The predicted molar refractivity (Wildman–Crippen MR) is 112 cm³/mol. The van der Waals surface area contributed by atoms with Gasteiger partial charge in [-0.05, 0) is 53.2 Å². The summed E-state index contributed by atoms with van der Waals surface area (Å²) in [5, 5.41) is -0.0856. The van der Waals surface area contributed by atoms with Gasteiger partial charge in [-0.25, -0.2) is 4.39 Å². The lowest BCUT2D eigenvalue weighted by Crippen LogP contribution is -2.27. The van der Waals surface area contributed by atoms with E-state index < -0.39 is 11.1 Å². The predicted octanol–water partition coefficient (Wildman–Crippen LogP) is 5.29. The molecular weight excluding hydrogens is 417 g/mol. The molecule has 0 saturated carbocycles. The Morgan fingerprint density at radius 2 is 1.97 bits per heavy atom. The number of thioether (sulfide) groups is 1. The Balaban J connectivity index is 1.84. The summed E-state index contributed by atoms with van der Waals surface area (Å²) in [5.74, 6) is -0.0349. The average Bonchev–Trinajstić information content (AvgIpc) is 2.95. The first kappa shape index (κ1) is 21.0. The van der Waals surface area contributed by atoms with Crippen molar-refractivity contribution in [2.45, 2.75) is 6.54 Å². The number of hydrogen-bond donors (Lipinski definition) is 0. The van der Waals surface area contributed by atoms with Crippen LogP contribution in [0.15, 0.2) is 54.0 Å². The Kier molecular flexibility index (Phi) is 6.61. The van der Waals surface area contributed by atoms with Gasteiger partial charge in [0.25, 0.3) is 11.1 Å². The fourth-order valence-electron chi connectivity index (χ4n) is 2.67. The highest BCUT2D eigenvalue weighted by Gasteiger charge is 2.35. The second kappa shape index (κ2) is 9.15. The highest BCUT2D eigenvalue weighted by molar-refractivity contribution is 8.18. The van der Waals surface area contributed by atoms with E-state index in [1.807, 2.05) is 0 Å². The monoisotopic (exact) mass is 433 g/mol. The summed E-state index contributed by atoms with van der Waals surface area (Å²) in [5.41, 5.74) is 1.24. The molecule has 1 fully saturated rings. The van der Waals surface area contributed by atoms with Crippen LogP contribution in [0.25, 0.3) is 6.08 Å². The third-order valence-corrected chi connectivity index (χ3v) is 5.21. The number of halogens is 2. The van der Waals surface area contributed by atoms with Crippen molar-refractivity contribution in [1.29, 1.82) is 0 Å². The van der Waals surface area contributed by atoms with Gasteiger partial charge in [0.1, 0.15) is 12.4 Å². The number of methoxy groups -OCH3 is 1. The molecule has 0 N–H and O–H groups in total. The Hall–Kier alpha value is -2.77. The van der Waals surface area contributed by atoms with Crippen LogP contribution in [0.4, 0.5) is 9.18 Å². The van der Waals surface area contributed by atoms with Crippen molar-refractivity contribution in [3.8, 4) is 11.5 Å². The number of nitrogens with zero attached hydrogens (tertiary/aromatic N) is 1. The number of benzene rings is 2. The van der Waals surface area contributed by atoms with E-state index in [9.17, 15) is 14.0 Å². The lowest BCUT2D eigenvalue weighted by molar-refractivity contribution is -0.123. The lowest BCUT2D eigenvalue weighted by Gasteiger charge is -2.13. The first-order valence-corrected chi connectivity index (χ1v) is 9.73. The van der Waals surface area contributed by atoms with Crippen LogP contribution in [-0.4, -0.2) is 29.8 Å². The first-order valence-electron chi connectivity index (χ1n) is 8.54. The highest BCUT2D eigenvalue weighted by atomic mass is 35.5. The maximum atomic E-state index is 13.1. The van der Waals surface area contributed by atoms with Crippen LogP contribution in [0.3, 0.4) is 0 Å². The van der Waals surface area contributed by atoms with Crippen molar-refractivity contribution in [1.82, 2.24) is 4.90 Å². The van der Waals surface area contributed by atoms with Crippen molar-refractivity contribution in [2.75, 3.05) is 13.7 Å². The largest absolute Gasteiger partial charge is 0.493 e. The zero-order chi connectivity index (χ0) is 21.0. The molecule has 0 unspecified atom stereocenters. The average molecular weight is 434 g/mol. The van der Waals surface area contributed by atoms with Gasteiger partial charge in [0.05, 0.1) is 23.6 Å². The molecule has 5 nitrogen and oxygen atoms in total. The van der Waals surface area contributed by atoms with E-state index in [1.54, 1.807) is 24.3 Å². The molecule has 0 spiro atoms. The second-order valence-electron chi connectivity index (χ2n) is 6.03. The molecule has 1 heterocycles. The molecule has 2 amide bonds. The van der Waals surface area contributed by atoms with E-state index in [0.717, 1.165) is 16.7 Å². The highest BCUT2D eigenvalue weighted by Crippen LogP contribution is 2.39. The molecule has 1 saturated heterocycles. The van der Waals surface area contributed by atoms with E-state index >= 15 is 0 Å². The van der Waals surface area contributed by atoms with Crippen LogP contribution < -0.4 is 9.47 Å². The molecule has 0 aliphatic carbocycles. The fourth-order valence-corrected chi connectivity index (χ4v) is 3.78. The molecule has 0 atom stereocenters. The molecule has 8 heteroatoms. The van der Waals surface area contributed by atoms with E-state index in [0.29, 0.717) is 27.6 Å². The third kappa shape index (κ3) is 4.81. The number of hydrogen-bond acceptors (Lipinski definition) is 5. The number of carbonyl (C=O) groups excluding carboxylic acids is 2. The molecule has 0 bridgehead atoms. The fraction of sp³-hybridized carbons (Fsp3) is 0.143. The minimum Gasteiger partial charge on any atom is -0.493 e. The third-order valence-electron chi connectivity index (χ3n) is 4.02. The standard InChI is InChI=1S/C21H17ClFNO4S/c1-3-8-28-19-16(22)9-14(10-17(19)27-2)11-18-20(25)24(21(26)29-18)12-13-4-6-15(23)7-5-13/h3-7,9-11H,1,8,12H2,2H3/b18-11-. The zero-order valence-electron chi connectivity index (χ0n) is 15.5. The maximum Gasteiger partial charge on any atom is 0.293 e. The van der Waals surface area contributed by atoms with Crippen molar-refractivity contribution >= 4 is 40.6 Å². The number of amides is 2. The van der Waals surface area contributed by atoms with Crippen LogP contribution >= 0.6 is 23.4 Å². The van der Waals surface area contributed by atoms with Gasteiger partial charge in [0.15, 0.2) is 11.5 Å². The molecule has 29 heavy (non-hydrogen) atoms. The van der Waals surface area contributed by atoms with Gasteiger partial charge in [0, 0.05) is 0 Å². The molecular formula is C21H17ClFNO4S. The van der Waals surface area contributed by atoms with Gasteiger partial charge < -0.3 is 9.47 Å². The Bertz CT molecular complexity index is 991. The number of imide groups is 1. The molecule has 2 aromatic rings. The summed E-state index contributed by atoms with van der Waals surface area (Å²) in [6, 6.07) is 8.93. The Morgan fingerprint density at radius 3 is 2.62 bits per heavy atom. The van der Waals surface area contributed by atoms with Crippen molar-refractivity contribution < 1.29 is 23.5 Å². The molecule has 1 aliphatic heterocycles. The summed E-state index contributed by atoms with van der Waals surface area (Å²) in [6.07, 6.45) is 3.15. The maximum absolute atomic E-state index is 13.1. The molecule has 150 valence electrons. The molecule has 0 aromatic heterocycles. The molecule has 3 rings (SSSR count). The normalized spacial score (nSPS) is 15.1. The van der Waals surface area contributed by atoms with Crippen LogP contribution in [0.2, 0.25) is 5.02 Å². The SMILES string of the molecule is C=CCOc1c(Cl)cc(/C=C2\SC(=O)N(Cc3ccc(F)cc3)C2=O)cc1OC. The second-order valence-corrected chi connectivity index (χ2v) is 7.43. The molecule has 1 aliphatic rings. The van der Waals surface area contributed by atoms with Gasteiger partial charge in [-0.15, -0.1) is 0 Å². The Labute approximate surface area is 176 Å². The van der Waals surface area contributed by atoms with Gasteiger partial charge in [-0.1, -0.05) is 36.4 Å². The van der Waals surface area contributed by atoms with Crippen LogP contribution in [0.5, 0.6) is 11.5 Å². The van der Waals surface area contributed by atoms with Crippen LogP contribution in [-0.2, 0) is 11.3 Å². The number of carbonyl (C=O) groups is 2. The van der Waals surface area contributed by atoms with Gasteiger partial charge in [-0.2, -0.15) is 0 Å². The number of rotatable bonds is 7. The van der Waals surface area contributed by atoms with Crippen LogP contribution in [0, 0.1) is 5.82 Å². The first-order chi connectivity index (χ1) is 13.9. The van der Waals surface area contributed by atoms with E-state index in [2.05, 4.69) is 6.58 Å². The van der Waals surface area contributed by atoms with E-state index in [1.165, 1.54) is 31.4 Å². The smallest absolute Gasteiger partial charge is 0.293 e. The Morgan fingerprint density at radius 1 is 1.24 bits per heavy atom. The minimum absolute atomic E-state index is 0.0701. The minimum atomic E-state index is -0.425. The lowest BCUT2D eigenvalue weighted by atomic mass is 10.1. The van der Waals surface area contributed by atoms with Crippen molar-refractivity contribution in [3.05, 3.63) is 75.9 Å². The van der Waals surface area contributed by atoms with Crippen molar-refractivity contribution in [3.63, 3.8) is 0 Å². The van der Waals surface area contributed by atoms with Gasteiger partial charge in [-0.3, -0.25) is 14.5 Å². The van der Waals surface area contributed by atoms with Gasteiger partial charge in [0.2, 0.25) is 0 Å². The quantitative estimate of drug-likeness (QED) is 0.438. The summed E-state index contributed by atoms with van der Waals surface area (Å²) in [4.78, 5) is 26.3.